The van der Waals surface area contributed by atoms with Crippen molar-refractivity contribution in [1.29, 1.82) is 0 Å². The monoisotopic (exact) mass is 941 g/mol. The Labute approximate surface area is 426 Å². The molecule has 11 rings (SSSR count). The standard InChI is InChI=1S/C66H77BN2S/c1-60(2,3)41-23-26-44(27-24-41)68-52-36-43(62(7,8)9)37-53-57(52)67(50-29-28-47-55(58(50)68)66(16,17)34-33-63(47,10)11)56-46-38-48-49(65(14,15)32-31-64(48,12)13)39-54(46)70-59(56)69(53)51-30-25-42(61(4,5)6)35-45(51)40-21-19-18-20-22-40/h18-30,35-39H,31-34H2,1-17H3. The first kappa shape index (κ1) is 47.3. The number of nitrogens with zero attached hydrogens (tertiary/aromatic N) is 2. The highest BCUT2D eigenvalue weighted by molar-refractivity contribution is 7.26. The van der Waals surface area contributed by atoms with E-state index in [9.17, 15) is 0 Å². The molecule has 7 aromatic rings. The third kappa shape index (κ3) is 7.22. The zero-order valence-electron chi connectivity index (χ0n) is 45.6. The van der Waals surface area contributed by atoms with Crippen molar-refractivity contribution in [3.8, 4) is 11.1 Å². The van der Waals surface area contributed by atoms with Crippen LogP contribution in [0.4, 0.5) is 33.4 Å². The second kappa shape index (κ2) is 15.2. The van der Waals surface area contributed by atoms with Crippen LogP contribution in [0.25, 0.3) is 21.2 Å². The summed E-state index contributed by atoms with van der Waals surface area (Å²) in [5, 5.41) is 2.78. The predicted molar refractivity (Wildman–Crippen MR) is 308 cm³/mol. The van der Waals surface area contributed by atoms with E-state index in [2.05, 4.69) is 237 Å². The summed E-state index contributed by atoms with van der Waals surface area (Å²) in [6.45, 7) is 41.3. The molecule has 0 amide bonds. The maximum absolute atomic E-state index is 2.75. The summed E-state index contributed by atoms with van der Waals surface area (Å²) in [6, 6.07) is 43.9. The number of anilines is 6. The molecule has 0 spiro atoms. The van der Waals surface area contributed by atoms with E-state index in [4.69, 9.17) is 0 Å². The molecule has 3 heterocycles. The molecule has 0 N–H and O–H groups in total. The average molecular weight is 941 g/mol. The van der Waals surface area contributed by atoms with Crippen molar-refractivity contribution in [2.45, 2.75) is 181 Å². The summed E-state index contributed by atoms with van der Waals surface area (Å²) >= 11 is 2.03. The molecule has 0 bridgehead atoms. The molecule has 4 aliphatic rings. The van der Waals surface area contributed by atoms with Crippen molar-refractivity contribution in [2.75, 3.05) is 9.80 Å². The fraction of sp³-hybridized carbons (Fsp3) is 0.424. The van der Waals surface area contributed by atoms with Gasteiger partial charge >= 0.3 is 0 Å². The molecule has 0 radical (unpaired) electrons. The van der Waals surface area contributed by atoms with Gasteiger partial charge in [0.15, 0.2) is 0 Å². The first-order valence-corrected chi connectivity index (χ1v) is 27.3. The van der Waals surface area contributed by atoms with Gasteiger partial charge in [-0.15, -0.1) is 11.3 Å². The Morgan fingerprint density at radius 2 is 1.01 bits per heavy atom. The highest BCUT2D eigenvalue weighted by atomic mass is 32.1. The maximum atomic E-state index is 2.75. The van der Waals surface area contributed by atoms with Gasteiger partial charge in [-0.3, -0.25) is 0 Å². The Kier molecular flexibility index (Phi) is 10.3. The van der Waals surface area contributed by atoms with E-state index in [-0.39, 0.29) is 44.6 Å². The second-order valence-corrected chi connectivity index (χ2v) is 28.6. The normalized spacial score (nSPS) is 18.5. The largest absolute Gasteiger partial charge is 0.311 e. The molecule has 6 aromatic carbocycles. The van der Waals surface area contributed by atoms with Crippen molar-refractivity contribution in [2.24, 2.45) is 0 Å². The van der Waals surface area contributed by atoms with Gasteiger partial charge < -0.3 is 9.80 Å². The molecule has 2 aliphatic carbocycles. The lowest BCUT2D eigenvalue weighted by Crippen LogP contribution is -2.62. The number of fused-ring (bicyclic) bond motifs is 9. The van der Waals surface area contributed by atoms with Crippen LogP contribution in [0.3, 0.4) is 0 Å². The topological polar surface area (TPSA) is 6.48 Å². The molecule has 0 unspecified atom stereocenters. The minimum Gasteiger partial charge on any atom is -0.311 e. The number of hydrogen-bond donors (Lipinski definition) is 0. The molecule has 70 heavy (non-hydrogen) atoms. The van der Waals surface area contributed by atoms with Crippen molar-refractivity contribution in [3.05, 3.63) is 148 Å². The SMILES string of the molecule is CC(C)(C)c1ccc(N2c3cc(C(C)(C)C)cc4c3B(c3ccc5c(c32)C(C)(C)CCC5(C)C)c2c(sc3cc5c(cc23)C(C)(C)CCC5(C)C)N4c2ccc(C(C)(C)C)cc2-c2ccccc2)cc1. The third-order valence-electron chi connectivity index (χ3n) is 17.6. The fourth-order valence-corrected chi connectivity index (χ4v) is 14.2. The third-order valence-corrected chi connectivity index (χ3v) is 18.8. The summed E-state index contributed by atoms with van der Waals surface area (Å²) in [5.41, 5.74) is 23.6. The van der Waals surface area contributed by atoms with E-state index < -0.39 is 0 Å². The fourth-order valence-electron chi connectivity index (χ4n) is 12.9. The Morgan fingerprint density at radius 3 is 1.61 bits per heavy atom. The van der Waals surface area contributed by atoms with Crippen molar-refractivity contribution in [1.82, 2.24) is 0 Å². The van der Waals surface area contributed by atoms with Gasteiger partial charge in [0.05, 0.1) is 10.7 Å². The van der Waals surface area contributed by atoms with Gasteiger partial charge in [-0.2, -0.15) is 0 Å². The van der Waals surface area contributed by atoms with Crippen molar-refractivity contribution >= 4 is 78.0 Å². The van der Waals surface area contributed by atoms with E-state index in [0.717, 1.165) is 6.42 Å². The number of thiophene rings is 1. The summed E-state index contributed by atoms with van der Waals surface area (Å²) in [4.78, 5) is 5.49. The molecular weight excluding hydrogens is 864 g/mol. The zero-order valence-corrected chi connectivity index (χ0v) is 46.4. The average Bonchev–Trinajstić information content (AvgIpc) is 3.66. The molecule has 0 saturated heterocycles. The molecule has 0 atom stereocenters. The van der Waals surface area contributed by atoms with Crippen molar-refractivity contribution < 1.29 is 0 Å². The molecule has 0 fully saturated rings. The van der Waals surface area contributed by atoms with Gasteiger partial charge in [0.2, 0.25) is 0 Å². The lowest BCUT2D eigenvalue weighted by atomic mass is 9.33. The van der Waals surface area contributed by atoms with Gasteiger partial charge in [-0.1, -0.05) is 178 Å². The van der Waals surface area contributed by atoms with E-state index in [1.54, 1.807) is 0 Å². The first-order chi connectivity index (χ1) is 32.6. The van der Waals surface area contributed by atoms with E-state index in [1.807, 2.05) is 11.3 Å². The summed E-state index contributed by atoms with van der Waals surface area (Å²) in [7, 11) is 0. The highest BCUT2D eigenvalue weighted by Crippen LogP contribution is 2.57. The van der Waals surface area contributed by atoms with Crippen LogP contribution in [0.2, 0.25) is 0 Å². The van der Waals surface area contributed by atoms with E-state index in [0.29, 0.717) is 0 Å². The number of benzene rings is 6. The van der Waals surface area contributed by atoms with E-state index >= 15 is 0 Å². The number of hydrogen-bond acceptors (Lipinski definition) is 3. The van der Waals surface area contributed by atoms with Gasteiger partial charge in [-0.05, 0) is 178 Å². The number of rotatable bonds is 3. The minimum absolute atomic E-state index is 0.0178. The highest BCUT2D eigenvalue weighted by Gasteiger charge is 2.50. The second-order valence-electron chi connectivity index (χ2n) is 27.6. The Hall–Kier alpha value is -5.06. The Bertz CT molecular complexity index is 3270. The first-order valence-electron chi connectivity index (χ1n) is 26.5. The van der Waals surface area contributed by atoms with Crippen LogP contribution in [-0.2, 0) is 37.9 Å². The summed E-state index contributed by atoms with van der Waals surface area (Å²) in [6.07, 6.45) is 4.70. The van der Waals surface area contributed by atoms with Gasteiger partial charge in [0.1, 0.15) is 0 Å². The van der Waals surface area contributed by atoms with Crippen molar-refractivity contribution in [3.63, 3.8) is 0 Å². The van der Waals surface area contributed by atoms with Crippen LogP contribution < -0.4 is 26.2 Å². The quantitative estimate of drug-likeness (QED) is 0.163. The minimum atomic E-state index is -0.124. The van der Waals surface area contributed by atoms with Gasteiger partial charge in [0.25, 0.3) is 6.71 Å². The molecule has 360 valence electrons. The van der Waals surface area contributed by atoms with E-state index in [1.165, 1.54) is 129 Å². The summed E-state index contributed by atoms with van der Waals surface area (Å²) in [5.74, 6) is 0. The smallest absolute Gasteiger partial charge is 0.254 e. The van der Waals surface area contributed by atoms with Gasteiger partial charge in [-0.25, -0.2) is 0 Å². The Balaban J connectivity index is 1.34. The van der Waals surface area contributed by atoms with Crippen LogP contribution in [-0.4, -0.2) is 6.71 Å². The van der Waals surface area contributed by atoms with Crippen LogP contribution in [0.15, 0.2) is 109 Å². The van der Waals surface area contributed by atoms with Crippen LogP contribution in [0, 0.1) is 0 Å². The molecular formula is C66H77BN2S. The van der Waals surface area contributed by atoms with Gasteiger partial charge in [0, 0.05) is 33.0 Å². The lowest BCUT2D eigenvalue weighted by molar-refractivity contribution is 0.332. The maximum Gasteiger partial charge on any atom is 0.254 e. The zero-order chi connectivity index (χ0) is 50.0. The Morgan fingerprint density at radius 1 is 0.471 bits per heavy atom. The van der Waals surface area contributed by atoms with Crippen LogP contribution >= 0.6 is 11.3 Å². The van der Waals surface area contributed by atoms with Crippen LogP contribution in [0.1, 0.15) is 182 Å². The molecule has 2 aliphatic heterocycles. The molecule has 4 heteroatoms. The predicted octanol–water partition coefficient (Wildman–Crippen LogP) is 17.2. The molecule has 1 aromatic heterocycles. The van der Waals surface area contributed by atoms with Crippen LogP contribution in [0.5, 0.6) is 0 Å². The molecule has 2 nitrogen and oxygen atoms in total. The summed E-state index contributed by atoms with van der Waals surface area (Å²) < 4.78 is 1.40. The lowest BCUT2D eigenvalue weighted by Gasteiger charge is -2.49. The molecule has 0 saturated carbocycles.